The fraction of sp³-hybridized carbons (Fsp3) is 0.286. The molecule has 1 fully saturated rings. The van der Waals surface area contributed by atoms with Crippen molar-refractivity contribution in [1.82, 2.24) is 4.98 Å². The van der Waals surface area contributed by atoms with Crippen LogP contribution in [0.25, 0.3) is 10.2 Å². The second-order valence-electron chi connectivity index (χ2n) is 8.69. The molecule has 1 atom stereocenters. The maximum atomic E-state index is 13.9. The molecule has 2 heterocycles. The van der Waals surface area contributed by atoms with Crippen LogP contribution in [-0.4, -0.2) is 30.1 Å². The van der Waals surface area contributed by atoms with Crippen LogP contribution in [0.2, 0.25) is 0 Å². The summed E-state index contributed by atoms with van der Waals surface area (Å²) in [6.07, 6.45) is 2.47. The molecule has 1 aromatic heterocycles. The SMILES string of the molecule is Cc1ccc2nc(N(C[C@H]3CCCO3)C(=O)CC(c3ccccc3)c3ccccc3)sc2c1. The number of ether oxygens (including phenoxy) is 1. The highest BCUT2D eigenvalue weighted by molar-refractivity contribution is 7.22. The fourth-order valence-electron chi connectivity index (χ4n) is 4.50. The molecule has 0 spiro atoms. The van der Waals surface area contributed by atoms with Gasteiger partial charge in [0.15, 0.2) is 5.13 Å². The van der Waals surface area contributed by atoms with Crippen LogP contribution in [0.1, 0.15) is 41.9 Å². The fourth-order valence-corrected chi connectivity index (χ4v) is 5.59. The van der Waals surface area contributed by atoms with Gasteiger partial charge in [0.05, 0.1) is 22.9 Å². The molecule has 0 saturated carbocycles. The molecule has 0 bridgehead atoms. The average molecular weight is 457 g/mol. The van der Waals surface area contributed by atoms with Gasteiger partial charge in [0, 0.05) is 18.9 Å². The van der Waals surface area contributed by atoms with Gasteiger partial charge in [0.2, 0.25) is 5.91 Å². The smallest absolute Gasteiger partial charge is 0.229 e. The van der Waals surface area contributed by atoms with Crippen molar-refractivity contribution in [3.8, 4) is 0 Å². The first kappa shape index (κ1) is 21.8. The molecule has 0 unspecified atom stereocenters. The summed E-state index contributed by atoms with van der Waals surface area (Å²) in [5.41, 5.74) is 4.43. The quantitative estimate of drug-likeness (QED) is 0.326. The van der Waals surface area contributed by atoms with Gasteiger partial charge in [0.25, 0.3) is 0 Å². The summed E-state index contributed by atoms with van der Waals surface area (Å²) in [5.74, 6) is 0.0718. The average Bonchev–Trinajstić information content (AvgIpc) is 3.51. The number of amides is 1. The van der Waals surface area contributed by atoms with Gasteiger partial charge in [-0.25, -0.2) is 4.98 Å². The van der Waals surface area contributed by atoms with Crippen LogP contribution >= 0.6 is 11.3 Å². The first-order chi connectivity index (χ1) is 16.2. The second kappa shape index (κ2) is 9.86. The van der Waals surface area contributed by atoms with Crippen molar-refractivity contribution < 1.29 is 9.53 Å². The minimum absolute atomic E-state index is 0.0106. The van der Waals surface area contributed by atoms with Crippen LogP contribution in [-0.2, 0) is 9.53 Å². The molecule has 168 valence electrons. The van der Waals surface area contributed by atoms with Crippen LogP contribution in [0, 0.1) is 6.92 Å². The topological polar surface area (TPSA) is 42.4 Å². The molecule has 0 aliphatic carbocycles. The Morgan fingerprint density at radius 2 is 1.76 bits per heavy atom. The highest BCUT2D eigenvalue weighted by Crippen LogP contribution is 2.34. The van der Waals surface area contributed by atoms with Gasteiger partial charge in [-0.15, -0.1) is 0 Å². The summed E-state index contributed by atoms with van der Waals surface area (Å²) in [7, 11) is 0. The Hall–Kier alpha value is -3.02. The van der Waals surface area contributed by atoms with E-state index in [-0.39, 0.29) is 17.9 Å². The lowest BCUT2D eigenvalue weighted by Gasteiger charge is -2.26. The summed E-state index contributed by atoms with van der Waals surface area (Å²) >= 11 is 1.59. The number of hydrogen-bond donors (Lipinski definition) is 0. The third-order valence-corrected chi connectivity index (χ3v) is 7.30. The van der Waals surface area contributed by atoms with E-state index in [2.05, 4.69) is 43.3 Å². The van der Waals surface area contributed by atoms with Crippen molar-refractivity contribution in [3.05, 3.63) is 95.6 Å². The van der Waals surface area contributed by atoms with Crippen molar-refractivity contribution in [1.29, 1.82) is 0 Å². The number of carbonyl (C=O) groups is 1. The summed E-state index contributed by atoms with van der Waals surface area (Å²) in [6, 6.07) is 26.9. The zero-order valence-corrected chi connectivity index (χ0v) is 19.6. The van der Waals surface area contributed by atoms with E-state index in [1.54, 1.807) is 11.3 Å². The number of thiazole rings is 1. The lowest BCUT2D eigenvalue weighted by molar-refractivity contribution is -0.119. The Morgan fingerprint density at radius 3 is 2.39 bits per heavy atom. The molecular formula is C28H28N2O2S. The van der Waals surface area contributed by atoms with Gasteiger partial charge in [-0.1, -0.05) is 78.1 Å². The van der Waals surface area contributed by atoms with Crippen LogP contribution in [0.5, 0.6) is 0 Å². The minimum Gasteiger partial charge on any atom is -0.376 e. The molecular weight excluding hydrogens is 428 g/mol. The maximum absolute atomic E-state index is 13.9. The number of carbonyl (C=O) groups excluding carboxylic acids is 1. The molecule has 4 nitrogen and oxygen atoms in total. The van der Waals surface area contributed by atoms with Crippen molar-refractivity contribution in [3.63, 3.8) is 0 Å². The highest BCUT2D eigenvalue weighted by atomic mass is 32.1. The van der Waals surface area contributed by atoms with E-state index < -0.39 is 0 Å². The number of nitrogens with zero attached hydrogens (tertiary/aromatic N) is 2. The van der Waals surface area contributed by atoms with Crippen LogP contribution in [0.4, 0.5) is 5.13 Å². The van der Waals surface area contributed by atoms with Crippen molar-refractivity contribution in [2.45, 2.75) is 38.2 Å². The van der Waals surface area contributed by atoms with Crippen molar-refractivity contribution >= 4 is 32.6 Å². The number of rotatable bonds is 7. The van der Waals surface area contributed by atoms with Crippen molar-refractivity contribution in [2.24, 2.45) is 0 Å². The number of hydrogen-bond acceptors (Lipinski definition) is 4. The highest BCUT2D eigenvalue weighted by Gasteiger charge is 2.29. The summed E-state index contributed by atoms with van der Waals surface area (Å²) < 4.78 is 7.01. The largest absolute Gasteiger partial charge is 0.376 e. The van der Waals surface area contributed by atoms with Gasteiger partial charge in [-0.2, -0.15) is 0 Å². The van der Waals surface area contributed by atoms with Gasteiger partial charge in [-0.05, 0) is 48.6 Å². The van der Waals surface area contributed by atoms with E-state index in [1.165, 1.54) is 5.56 Å². The lowest BCUT2D eigenvalue weighted by atomic mass is 9.88. The maximum Gasteiger partial charge on any atom is 0.229 e. The number of aromatic nitrogens is 1. The lowest BCUT2D eigenvalue weighted by Crippen LogP contribution is -2.38. The predicted molar refractivity (Wildman–Crippen MR) is 135 cm³/mol. The Kier molecular flexibility index (Phi) is 6.51. The van der Waals surface area contributed by atoms with E-state index >= 15 is 0 Å². The molecule has 1 aliphatic rings. The zero-order valence-electron chi connectivity index (χ0n) is 18.8. The number of aryl methyl sites for hydroxylation is 1. The Balaban J connectivity index is 1.48. The summed E-state index contributed by atoms with van der Waals surface area (Å²) in [5, 5.41) is 0.760. The number of fused-ring (bicyclic) bond motifs is 1. The first-order valence-electron chi connectivity index (χ1n) is 11.6. The van der Waals surface area contributed by atoms with E-state index in [0.717, 1.165) is 45.9 Å². The summed E-state index contributed by atoms with van der Waals surface area (Å²) in [6.45, 7) is 3.40. The van der Waals surface area contributed by atoms with E-state index in [9.17, 15) is 4.79 Å². The Bertz CT molecular complexity index is 1180. The van der Waals surface area contributed by atoms with Gasteiger partial charge in [-0.3, -0.25) is 9.69 Å². The minimum atomic E-state index is -0.0106. The van der Waals surface area contributed by atoms with E-state index in [4.69, 9.17) is 9.72 Å². The van der Waals surface area contributed by atoms with Crippen LogP contribution < -0.4 is 4.90 Å². The molecule has 5 heteroatoms. The molecule has 3 aromatic carbocycles. The molecule has 4 aromatic rings. The van der Waals surface area contributed by atoms with E-state index in [0.29, 0.717) is 13.0 Å². The van der Waals surface area contributed by atoms with E-state index in [1.807, 2.05) is 47.4 Å². The van der Waals surface area contributed by atoms with Gasteiger partial charge in [0.1, 0.15) is 0 Å². The molecule has 5 rings (SSSR count). The molecule has 1 amide bonds. The zero-order chi connectivity index (χ0) is 22.6. The molecule has 0 radical (unpaired) electrons. The number of anilines is 1. The molecule has 33 heavy (non-hydrogen) atoms. The monoisotopic (exact) mass is 456 g/mol. The van der Waals surface area contributed by atoms with Crippen LogP contribution in [0.3, 0.4) is 0 Å². The Labute approximate surface area is 198 Å². The molecule has 0 N–H and O–H groups in total. The van der Waals surface area contributed by atoms with Gasteiger partial charge >= 0.3 is 0 Å². The van der Waals surface area contributed by atoms with Crippen LogP contribution in [0.15, 0.2) is 78.9 Å². The second-order valence-corrected chi connectivity index (χ2v) is 9.69. The molecule has 1 aliphatic heterocycles. The molecule has 1 saturated heterocycles. The Morgan fingerprint density at radius 1 is 1.06 bits per heavy atom. The number of benzene rings is 3. The summed E-state index contributed by atoms with van der Waals surface area (Å²) in [4.78, 5) is 20.6. The third kappa shape index (κ3) is 5.00. The standard InChI is InChI=1S/C28H28N2O2S/c1-20-14-15-25-26(17-20)33-28(29-25)30(19-23-13-8-16-32-23)27(31)18-24(21-9-4-2-5-10-21)22-11-6-3-7-12-22/h2-7,9-12,14-15,17,23-24H,8,13,16,18-19H2,1H3/t23-/m1/s1. The predicted octanol–water partition coefficient (Wildman–Crippen LogP) is 6.34. The third-order valence-electron chi connectivity index (χ3n) is 6.26. The van der Waals surface area contributed by atoms with Gasteiger partial charge < -0.3 is 4.74 Å². The normalized spacial score (nSPS) is 15.9. The van der Waals surface area contributed by atoms with Crippen molar-refractivity contribution in [2.75, 3.05) is 18.1 Å². The first-order valence-corrected chi connectivity index (χ1v) is 12.4.